The van der Waals surface area contributed by atoms with Crippen LogP contribution in [0, 0.1) is 6.92 Å². The first-order valence-electron chi connectivity index (χ1n) is 7.56. The predicted octanol–water partition coefficient (Wildman–Crippen LogP) is 2.85. The highest BCUT2D eigenvalue weighted by Gasteiger charge is 2.16. The summed E-state index contributed by atoms with van der Waals surface area (Å²) in [5.41, 5.74) is 2.48. The lowest BCUT2D eigenvalue weighted by Gasteiger charge is -2.21. The predicted molar refractivity (Wildman–Crippen MR) is 82.7 cm³/mol. The van der Waals surface area contributed by atoms with Gasteiger partial charge < -0.3 is 10.2 Å². The van der Waals surface area contributed by atoms with Crippen molar-refractivity contribution in [3.05, 3.63) is 11.3 Å². The van der Waals surface area contributed by atoms with E-state index < -0.39 is 0 Å². The van der Waals surface area contributed by atoms with E-state index in [0.29, 0.717) is 0 Å². The van der Waals surface area contributed by atoms with Gasteiger partial charge in [-0.15, -0.1) is 0 Å². The summed E-state index contributed by atoms with van der Waals surface area (Å²) < 4.78 is 2.02. The first-order chi connectivity index (χ1) is 9.11. The maximum atomic E-state index is 4.57. The lowest BCUT2D eigenvalue weighted by Crippen LogP contribution is -2.24. The third kappa shape index (κ3) is 4.53. The smallest absolute Gasteiger partial charge is 0.131 e. The van der Waals surface area contributed by atoms with E-state index in [0.717, 1.165) is 25.3 Å². The number of nitrogens with zero attached hydrogens (tertiary/aromatic N) is 3. The van der Waals surface area contributed by atoms with E-state index in [1.807, 2.05) is 11.7 Å². The van der Waals surface area contributed by atoms with Gasteiger partial charge >= 0.3 is 0 Å². The van der Waals surface area contributed by atoms with Gasteiger partial charge in [0.15, 0.2) is 0 Å². The van der Waals surface area contributed by atoms with Crippen molar-refractivity contribution in [2.75, 3.05) is 25.0 Å². The molecule has 0 aliphatic carbocycles. The summed E-state index contributed by atoms with van der Waals surface area (Å²) in [5.74, 6) is 1.26. The van der Waals surface area contributed by atoms with Gasteiger partial charge in [-0.3, -0.25) is 4.68 Å². The highest BCUT2D eigenvalue weighted by molar-refractivity contribution is 5.49. The molecule has 0 aromatic carbocycles. The molecule has 1 heterocycles. The van der Waals surface area contributed by atoms with E-state index in [1.165, 1.54) is 37.1 Å². The van der Waals surface area contributed by atoms with Crippen molar-refractivity contribution in [2.24, 2.45) is 7.05 Å². The Hall–Kier alpha value is -1.03. The van der Waals surface area contributed by atoms with Crippen LogP contribution in [-0.4, -0.2) is 29.9 Å². The summed E-state index contributed by atoms with van der Waals surface area (Å²) in [6.07, 6.45) is 4.98. The topological polar surface area (TPSA) is 33.1 Å². The summed E-state index contributed by atoms with van der Waals surface area (Å²) in [7, 11) is 4.22. The normalized spacial score (nSPS) is 11.0. The molecule has 4 heteroatoms. The molecule has 0 saturated heterocycles. The van der Waals surface area contributed by atoms with Crippen LogP contribution in [-0.2, 0) is 13.6 Å². The summed E-state index contributed by atoms with van der Waals surface area (Å²) in [5, 5.41) is 8.06. The Kier molecular flexibility index (Phi) is 6.92. The van der Waals surface area contributed by atoms with Gasteiger partial charge in [-0.1, -0.05) is 26.7 Å². The van der Waals surface area contributed by atoms with Gasteiger partial charge in [-0.05, 0) is 26.3 Å². The summed E-state index contributed by atoms with van der Waals surface area (Å²) >= 11 is 0. The number of aryl methyl sites for hydroxylation is 2. The Morgan fingerprint density at radius 2 is 1.95 bits per heavy atom. The molecule has 0 saturated carbocycles. The van der Waals surface area contributed by atoms with Crippen LogP contribution in [0.15, 0.2) is 0 Å². The van der Waals surface area contributed by atoms with Crippen LogP contribution < -0.4 is 10.2 Å². The molecule has 110 valence electrons. The highest BCUT2D eigenvalue weighted by Crippen LogP contribution is 2.22. The lowest BCUT2D eigenvalue weighted by atomic mass is 10.2. The fourth-order valence-electron chi connectivity index (χ4n) is 2.47. The van der Waals surface area contributed by atoms with E-state index in [4.69, 9.17) is 0 Å². The Bertz CT molecular complexity index is 370. The Morgan fingerprint density at radius 1 is 1.21 bits per heavy atom. The summed E-state index contributed by atoms with van der Waals surface area (Å²) in [6.45, 7) is 9.63. The molecule has 0 spiro atoms. The molecular formula is C15H30N4. The van der Waals surface area contributed by atoms with Gasteiger partial charge in [0, 0.05) is 32.7 Å². The first kappa shape index (κ1) is 16.0. The van der Waals surface area contributed by atoms with Crippen molar-refractivity contribution in [1.29, 1.82) is 0 Å². The van der Waals surface area contributed by atoms with Gasteiger partial charge in [0.05, 0.1) is 5.69 Å². The van der Waals surface area contributed by atoms with E-state index in [2.05, 4.69) is 43.1 Å². The second kappa shape index (κ2) is 8.20. The van der Waals surface area contributed by atoms with Crippen molar-refractivity contribution in [3.8, 4) is 0 Å². The molecule has 1 rings (SSSR count). The van der Waals surface area contributed by atoms with Crippen LogP contribution in [0.2, 0.25) is 0 Å². The van der Waals surface area contributed by atoms with E-state index in [-0.39, 0.29) is 0 Å². The van der Waals surface area contributed by atoms with Crippen molar-refractivity contribution < 1.29 is 0 Å². The molecular weight excluding hydrogens is 236 g/mol. The average Bonchev–Trinajstić information content (AvgIpc) is 2.65. The second-order valence-corrected chi connectivity index (χ2v) is 5.32. The Labute approximate surface area is 118 Å². The van der Waals surface area contributed by atoms with E-state index in [1.54, 1.807) is 0 Å². The SMILES string of the molecule is CCCCCN(C)c1c(CNCCC)c(C)nn1C. The van der Waals surface area contributed by atoms with Crippen LogP contribution in [0.5, 0.6) is 0 Å². The number of anilines is 1. The minimum Gasteiger partial charge on any atom is -0.360 e. The number of hydrogen-bond acceptors (Lipinski definition) is 3. The molecule has 0 atom stereocenters. The lowest BCUT2D eigenvalue weighted by molar-refractivity contribution is 0.659. The fraction of sp³-hybridized carbons (Fsp3) is 0.800. The molecule has 4 nitrogen and oxygen atoms in total. The zero-order valence-electron chi connectivity index (χ0n) is 13.3. The quantitative estimate of drug-likeness (QED) is 0.698. The molecule has 0 radical (unpaired) electrons. The zero-order chi connectivity index (χ0) is 14.3. The molecule has 1 N–H and O–H groups in total. The molecule has 0 bridgehead atoms. The number of nitrogens with one attached hydrogen (secondary N) is 1. The molecule has 1 aromatic rings. The van der Waals surface area contributed by atoms with Gasteiger partial charge in [-0.2, -0.15) is 5.10 Å². The van der Waals surface area contributed by atoms with Gasteiger partial charge in [-0.25, -0.2) is 0 Å². The average molecular weight is 266 g/mol. The molecule has 19 heavy (non-hydrogen) atoms. The minimum absolute atomic E-state index is 0.918. The van der Waals surface area contributed by atoms with Crippen LogP contribution >= 0.6 is 0 Å². The van der Waals surface area contributed by atoms with Crippen molar-refractivity contribution in [3.63, 3.8) is 0 Å². The fourth-order valence-corrected chi connectivity index (χ4v) is 2.47. The van der Waals surface area contributed by atoms with Crippen LogP contribution in [0.3, 0.4) is 0 Å². The van der Waals surface area contributed by atoms with Crippen molar-refractivity contribution >= 4 is 5.82 Å². The molecule has 0 amide bonds. The highest BCUT2D eigenvalue weighted by atomic mass is 15.4. The third-order valence-corrected chi connectivity index (χ3v) is 3.50. The largest absolute Gasteiger partial charge is 0.360 e. The third-order valence-electron chi connectivity index (χ3n) is 3.50. The second-order valence-electron chi connectivity index (χ2n) is 5.32. The maximum Gasteiger partial charge on any atom is 0.131 e. The monoisotopic (exact) mass is 266 g/mol. The zero-order valence-corrected chi connectivity index (χ0v) is 13.3. The molecule has 0 fully saturated rings. The van der Waals surface area contributed by atoms with Crippen molar-refractivity contribution in [2.45, 2.75) is 53.0 Å². The van der Waals surface area contributed by atoms with Gasteiger partial charge in [0.25, 0.3) is 0 Å². The van der Waals surface area contributed by atoms with Crippen LogP contribution in [0.25, 0.3) is 0 Å². The molecule has 0 unspecified atom stereocenters. The van der Waals surface area contributed by atoms with Crippen molar-refractivity contribution in [1.82, 2.24) is 15.1 Å². The first-order valence-corrected chi connectivity index (χ1v) is 7.56. The minimum atomic E-state index is 0.918. The number of unbranched alkanes of at least 4 members (excludes halogenated alkanes) is 2. The van der Waals surface area contributed by atoms with Crippen LogP contribution in [0.1, 0.15) is 50.8 Å². The molecule has 0 aliphatic rings. The van der Waals surface area contributed by atoms with Gasteiger partial charge in [0.2, 0.25) is 0 Å². The Morgan fingerprint density at radius 3 is 2.58 bits per heavy atom. The molecule has 0 aliphatic heterocycles. The number of aromatic nitrogens is 2. The molecule has 1 aromatic heterocycles. The van der Waals surface area contributed by atoms with E-state index in [9.17, 15) is 0 Å². The maximum absolute atomic E-state index is 4.57. The summed E-state index contributed by atoms with van der Waals surface area (Å²) in [4.78, 5) is 2.35. The van der Waals surface area contributed by atoms with E-state index >= 15 is 0 Å². The number of rotatable bonds is 9. The van der Waals surface area contributed by atoms with Gasteiger partial charge in [0.1, 0.15) is 5.82 Å². The number of hydrogen-bond donors (Lipinski definition) is 1. The summed E-state index contributed by atoms with van der Waals surface area (Å²) in [6, 6.07) is 0. The Balaban J connectivity index is 2.73. The standard InChI is InChI=1S/C15H30N4/c1-6-8-9-11-18(4)15-14(12-16-10-7-2)13(3)17-19(15)5/h16H,6-12H2,1-5H3. The van der Waals surface area contributed by atoms with Crippen LogP contribution in [0.4, 0.5) is 5.82 Å².